The number of nitrogens with zero attached hydrogens (tertiary/aromatic N) is 1. The Morgan fingerprint density at radius 1 is 0.865 bits per heavy atom. The minimum atomic E-state index is -0.713. The molecule has 196 valence electrons. The molecule has 0 saturated carbocycles. The zero-order valence-electron chi connectivity index (χ0n) is 21.1. The van der Waals surface area contributed by atoms with Crippen molar-refractivity contribution in [1.82, 2.24) is 10.2 Å². The van der Waals surface area contributed by atoms with Crippen LogP contribution in [-0.2, 0) is 28.3 Å². The zero-order valence-corrected chi connectivity index (χ0v) is 24.2. The lowest BCUT2D eigenvalue weighted by atomic mass is 10.0. The molecule has 2 amide bonds. The molecule has 0 radical (unpaired) electrons. The fourth-order valence-electron chi connectivity index (χ4n) is 3.81. The van der Waals surface area contributed by atoms with Crippen LogP contribution in [0.25, 0.3) is 0 Å². The third-order valence-electron chi connectivity index (χ3n) is 5.49. The van der Waals surface area contributed by atoms with Crippen molar-refractivity contribution in [2.45, 2.75) is 51.1 Å². The summed E-state index contributed by atoms with van der Waals surface area (Å²) in [5, 5.41) is 4.57. The molecular formula is C29H31Cl3N2O2S. The van der Waals surface area contributed by atoms with Gasteiger partial charge in [-0.05, 0) is 61.7 Å². The summed E-state index contributed by atoms with van der Waals surface area (Å²) >= 11 is 20.0. The van der Waals surface area contributed by atoms with Gasteiger partial charge in [0.15, 0.2) is 0 Å². The van der Waals surface area contributed by atoms with Crippen LogP contribution in [0.15, 0.2) is 72.8 Å². The summed E-state index contributed by atoms with van der Waals surface area (Å²) in [5.74, 6) is 0.500. The van der Waals surface area contributed by atoms with Crippen LogP contribution in [0.1, 0.15) is 37.5 Å². The molecule has 0 spiro atoms. The summed E-state index contributed by atoms with van der Waals surface area (Å²) in [6.45, 7) is 6.01. The minimum Gasteiger partial charge on any atom is -0.350 e. The van der Waals surface area contributed by atoms with Gasteiger partial charge in [0.05, 0.1) is 15.8 Å². The smallest absolute Gasteiger partial charge is 0.243 e. The zero-order chi connectivity index (χ0) is 27.0. The van der Waals surface area contributed by atoms with Crippen LogP contribution in [-0.4, -0.2) is 34.0 Å². The number of hydrogen-bond acceptors (Lipinski definition) is 3. The van der Waals surface area contributed by atoms with E-state index in [-0.39, 0.29) is 24.1 Å². The van der Waals surface area contributed by atoms with Crippen molar-refractivity contribution in [2.24, 2.45) is 0 Å². The predicted octanol–water partition coefficient (Wildman–Crippen LogP) is 7.43. The Kier molecular flexibility index (Phi) is 10.8. The van der Waals surface area contributed by atoms with E-state index >= 15 is 0 Å². The number of nitrogens with one attached hydrogen (secondary N) is 1. The second-order valence-corrected chi connectivity index (χ2v) is 12.1. The predicted molar refractivity (Wildman–Crippen MR) is 156 cm³/mol. The maximum Gasteiger partial charge on any atom is 0.243 e. The van der Waals surface area contributed by atoms with Crippen LogP contribution in [0.5, 0.6) is 0 Å². The van der Waals surface area contributed by atoms with Gasteiger partial charge >= 0.3 is 0 Å². The van der Waals surface area contributed by atoms with E-state index in [2.05, 4.69) is 5.32 Å². The Balaban J connectivity index is 1.89. The quantitative estimate of drug-likeness (QED) is 0.272. The molecule has 0 saturated heterocycles. The molecule has 4 nitrogen and oxygen atoms in total. The largest absolute Gasteiger partial charge is 0.350 e. The van der Waals surface area contributed by atoms with Crippen LogP contribution in [0.2, 0.25) is 15.1 Å². The van der Waals surface area contributed by atoms with Crippen molar-refractivity contribution in [3.05, 3.63) is 105 Å². The normalized spacial score (nSPS) is 12.2. The number of benzene rings is 3. The standard InChI is InChI=1S/C29H31Cl3N2O2S/c1-29(2,3)33-28(36)26(16-20-8-5-4-6-9-20)34(17-21-12-13-24(31)25(32)15-21)27(35)19-37-18-22-10-7-11-23(30)14-22/h4-15,26H,16-19H2,1-3H3,(H,33,36)/t26-/m1/s1. The second-order valence-electron chi connectivity index (χ2n) is 9.84. The Morgan fingerprint density at radius 3 is 2.22 bits per heavy atom. The molecule has 0 aliphatic heterocycles. The van der Waals surface area contributed by atoms with E-state index < -0.39 is 11.6 Å². The Hall–Kier alpha value is -2.18. The molecule has 3 aromatic rings. The van der Waals surface area contributed by atoms with Gasteiger partial charge < -0.3 is 10.2 Å². The molecule has 8 heteroatoms. The van der Waals surface area contributed by atoms with Gasteiger partial charge in [-0.1, -0.05) is 83.3 Å². The lowest BCUT2D eigenvalue weighted by molar-refractivity contribution is -0.140. The van der Waals surface area contributed by atoms with E-state index in [9.17, 15) is 9.59 Å². The fraction of sp³-hybridized carbons (Fsp3) is 0.310. The highest BCUT2D eigenvalue weighted by Crippen LogP contribution is 2.25. The number of carbonyl (C=O) groups excluding carboxylic acids is 2. The van der Waals surface area contributed by atoms with Crippen molar-refractivity contribution in [1.29, 1.82) is 0 Å². The molecule has 3 aromatic carbocycles. The van der Waals surface area contributed by atoms with Gasteiger partial charge in [0.2, 0.25) is 11.8 Å². The summed E-state index contributed by atoms with van der Waals surface area (Å²) in [7, 11) is 0. The van der Waals surface area contributed by atoms with Crippen LogP contribution >= 0.6 is 46.6 Å². The molecule has 0 bridgehead atoms. The summed E-state index contributed by atoms with van der Waals surface area (Å²) in [6.07, 6.45) is 0.384. The number of halogens is 3. The van der Waals surface area contributed by atoms with Crippen molar-refractivity contribution in [3.63, 3.8) is 0 Å². The molecule has 1 atom stereocenters. The number of rotatable bonds is 10. The number of hydrogen-bond donors (Lipinski definition) is 1. The number of thioether (sulfide) groups is 1. The first-order valence-electron chi connectivity index (χ1n) is 11.9. The molecule has 0 heterocycles. The van der Waals surface area contributed by atoms with E-state index in [0.29, 0.717) is 27.2 Å². The van der Waals surface area contributed by atoms with E-state index in [1.165, 1.54) is 11.8 Å². The summed E-state index contributed by atoms with van der Waals surface area (Å²) in [6, 6.07) is 21.9. The van der Waals surface area contributed by atoms with Crippen LogP contribution in [0.4, 0.5) is 0 Å². The molecule has 0 aromatic heterocycles. The Labute approximate surface area is 238 Å². The molecular weight excluding hydrogens is 547 g/mol. The summed E-state index contributed by atoms with van der Waals surface area (Å²) in [4.78, 5) is 28.9. The van der Waals surface area contributed by atoms with Gasteiger partial charge in [0.25, 0.3) is 0 Å². The SMILES string of the molecule is CC(C)(C)NC(=O)[C@@H](Cc1ccccc1)N(Cc1ccc(Cl)c(Cl)c1)C(=O)CSCc1cccc(Cl)c1. The fourth-order valence-corrected chi connectivity index (χ4v) is 5.20. The topological polar surface area (TPSA) is 49.4 Å². The first kappa shape index (κ1) is 29.4. The second kappa shape index (κ2) is 13.6. The van der Waals surface area contributed by atoms with E-state index in [4.69, 9.17) is 34.8 Å². The Morgan fingerprint density at radius 2 is 1.57 bits per heavy atom. The average Bonchev–Trinajstić information content (AvgIpc) is 2.83. The molecule has 0 unspecified atom stereocenters. The maximum atomic E-state index is 13.7. The maximum absolute atomic E-state index is 13.7. The lowest BCUT2D eigenvalue weighted by Gasteiger charge is -2.34. The molecule has 0 aliphatic rings. The van der Waals surface area contributed by atoms with E-state index in [0.717, 1.165) is 16.7 Å². The van der Waals surface area contributed by atoms with Gasteiger partial charge in [-0.3, -0.25) is 9.59 Å². The van der Waals surface area contributed by atoms with Gasteiger partial charge in [-0.25, -0.2) is 0 Å². The first-order valence-corrected chi connectivity index (χ1v) is 14.2. The first-order chi connectivity index (χ1) is 17.5. The molecule has 0 aliphatic carbocycles. The monoisotopic (exact) mass is 576 g/mol. The highest BCUT2D eigenvalue weighted by molar-refractivity contribution is 7.99. The van der Waals surface area contributed by atoms with Crippen LogP contribution in [0.3, 0.4) is 0 Å². The highest BCUT2D eigenvalue weighted by Gasteiger charge is 2.32. The number of carbonyl (C=O) groups is 2. The van der Waals surface area contributed by atoms with Gasteiger partial charge in [-0.15, -0.1) is 11.8 Å². The Bertz CT molecular complexity index is 1220. The summed E-state index contributed by atoms with van der Waals surface area (Å²) in [5.41, 5.74) is 2.35. The lowest BCUT2D eigenvalue weighted by Crippen LogP contribution is -2.54. The van der Waals surface area contributed by atoms with Crippen molar-refractivity contribution >= 4 is 58.4 Å². The molecule has 37 heavy (non-hydrogen) atoms. The van der Waals surface area contributed by atoms with Gasteiger partial charge in [0, 0.05) is 29.3 Å². The highest BCUT2D eigenvalue weighted by atomic mass is 35.5. The van der Waals surface area contributed by atoms with Gasteiger partial charge in [-0.2, -0.15) is 0 Å². The molecule has 0 fully saturated rings. The van der Waals surface area contributed by atoms with Crippen LogP contribution < -0.4 is 5.32 Å². The number of amides is 2. The van der Waals surface area contributed by atoms with E-state index in [1.807, 2.05) is 81.4 Å². The third-order valence-corrected chi connectivity index (χ3v) is 7.45. The van der Waals surface area contributed by atoms with Gasteiger partial charge in [0.1, 0.15) is 6.04 Å². The molecule has 3 rings (SSSR count). The van der Waals surface area contributed by atoms with Crippen LogP contribution in [0, 0.1) is 0 Å². The van der Waals surface area contributed by atoms with Crippen molar-refractivity contribution in [3.8, 4) is 0 Å². The van der Waals surface area contributed by atoms with Crippen molar-refractivity contribution in [2.75, 3.05) is 5.75 Å². The van der Waals surface area contributed by atoms with Crippen molar-refractivity contribution < 1.29 is 9.59 Å². The average molecular weight is 578 g/mol. The molecule has 1 N–H and O–H groups in total. The summed E-state index contributed by atoms with van der Waals surface area (Å²) < 4.78 is 0. The third kappa shape index (κ3) is 9.57. The minimum absolute atomic E-state index is 0.136. The van der Waals surface area contributed by atoms with E-state index in [1.54, 1.807) is 17.0 Å².